The topological polar surface area (TPSA) is 12.0 Å². The summed E-state index contributed by atoms with van der Waals surface area (Å²) >= 11 is 2.17. The molecule has 1 heterocycles. The molecule has 0 bridgehead atoms. The molecule has 1 saturated heterocycles. The SMILES string of the molecule is CNC(C)CCC1CCCS1. The van der Waals surface area contributed by atoms with E-state index in [9.17, 15) is 0 Å². The highest BCUT2D eigenvalue weighted by molar-refractivity contribution is 8.00. The average molecular weight is 173 g/mol. The molecule has 0 aromatic carbocycles. The van der Waals surface area contributed by atoms with Gasteiger partial charge in [0.25, 0.3) is 0 Å². The zero-order valence-corrected chi connectivity index (χ0v) is 8.41. The van der Waals surface area contributed by atoms with Gasteiger partial charge in [-0.3, -0.25) is 0 Å². The zero-order valence-electron chi connectivity index (χ0n) is 7.60. The quantitative estimate of drug-likeness (QED) is 0.700. The molecule has 1 rings (SSSR count). The van der Waals surface area contributed by atoms with Crippen molar-refractivity contribution >= 4 is 11.8 Å². The van der Waals surface area contributed by atoms with Gasteiger partial charge in [0.15, 0.2) is 0 Å². The monoisotopic (exact) mass is 173 g/mol. The summed E-state index contributed by atoms with van der Waals surface area (Å²) in [4.78, 5) is 0. The fourth-order valence-electron chi connectivity index (χ4n) is 1.45. The Hall–Kier alpha value is 0.310. The molecule has 0 aromatic rings. The van der Waals surface area contributed by atoms with Crippen molar-refractivity contribution in [1.29, 1.82) is 0 Å². The lowest BCUT2D eigenvalue weighted by atomic mass is 10.1. The van der Waals surface area contributed by atoms with Crippen LogP contribution in [0, 0.1) is 0 Å². The van der Waals surface area contributed by atoms with E-state index in [2.05, 4.69) is 24.0 Å². The minimum atomic E-state index is 0.705. The molecule has 2 heteroatoms. The van der Waals surface area contributed by atoms with Crippen LogP contribution in [0.5, 0.6) is 0 Å². The van der Waals surface area contributed by atoms with Crippen molar-refractivity contribution in [1.82, 2.24) is 5.32 Å². The van der Waals surface area contributed by atoms with Crippen LogP contribution in [0.4, 0.5) is 0 Å². The van der Waals surface area contributed by atoms with Crippen LogP contribution in [0.1, 0.15) is 32.6 Å². The maximum atomic E-state index is 3.28. The van der Waals surface area contributed by atoms with Gasteiger partial charge in [0.05, 0.1) is 0 Å². The molecule has 1 N–H and O–H groups in total. The maximum absolute atomic E-state index is 3.28. The van der Waals surface area contributed by atoms with Crippen LogP contribution in [0.3, 0.4) is 0 Å². The van der Waals surface area contributed by atoms with Gasteiger partial charge in [-0.25, -0.2) is 0 Å². The van der Waals surface area contributed by atoms with Crippen LogP contribution in [0.25, 0.3) is 0 Å². The van der Waals surface area contributed by atoms with Gasteiger partial charge in [-0.2, -0.15) is 11.8 Å². The molecule has 0 aromatic heterocycles. The van der Waals surface area contributed by atoms with Gasteiger partial charge in [-0.15, -0.1) is 0 Å². The summed E-state index contributed by atoms with van der Waals surface area (Å²) in [5.41, 5.74) is 0. The number of thioether (sulfide) groups is 1. The van der Waals surface area contributed by atoms with Gasteiger partial charge in [-0.05, 0) is 45.4 Å². The summed E-state index contributed by atoms with van der Waals surface area (Å²) in [6.45, 7) is 2.26. The zero-order chi connectivity index (χ0) is 8.10. The summed E-state index contributed by atoms with van der Waals surface area (Å²) in [6, 6.07) is 0.705. The number of nitrogens with one attached hydrogen (secondary N) is 1. The lowest BCUT2D eigenvalue weighted by Crippen LogP contribution is -2.21. The first-order chi connectivity index (χ1) is 5.33. The predicted octanol–water partition coefficient (Wildman–Crippen LogP) is 2.27. The second-order valence-electron chi connectivity index (χ2n) is 3.40. The van der Waals surface area contributed by atoms with Gasteiger partial charge in [0.1, 0.15) is 0 Å². The van der Waals surface area contributed by atoms with Gasteiger partial charge in [0, 0.05) is 11.3 Å². The first kappa shape index (κ1) is 9.40. The molecule has 0 saturated carbocycles. The lowest BCUT2D eigenvalue weighted by Gasteiger charge is -2.12. The fraction of sp³-hybridized carbons (Fsp3) is 1.00. The smallest absolute Gasteiger partial charge is 0.00479 e. The molecule has 2 atom stereocenters. The second kappa shape index (κ2) is 5.04. The molecule has 0 spiro atoms. The van der Waals surface area contributed by atoms with E-state index >= 15 is 0 Å². The van der Waals surface area contributed by atoms with E-state index < -0.39 is 0 Å². The van der Waals surface area contributed by atoms with Crippen molar-refractivity contribution in [2.24, 2.45) is 0 Å². The minimum Gasteiger partial charge on any atom is -0.317 e. The van der Waals surface area contributed by atoms with Crippen LogP contribution < -0.4 is 5.32 Å². The first-order valence-corrected chi connectivity index (χ1v) is 5.66. The Kier molecular flexibility index (Phi) is 4.31. The molecule has 1 aliphatic rings. The average Bonchev–Trinajstić information content (AvgIpc) is 2.52. The third-order valence-electron chi connectivity index (χ3n) is 2.44. The summed E-state index contributed by atoms with van der Waals surface area (Å²) in [5, 5.41) is 4.26. The van der Waals surface area contributed by atoms with Crippen molar-refractivity contribution in [2.45, 2.75) is 43.9 Å². The molecule has 0 amide bonds. The largest absolute Gasteiger partial charge is 0.317 e. The Labute approximate surface area is 74.3 Å². The Morgan fingerprint density at radius 3 is 3.00 bits per heavy atom. The summed E-state index contributed by atoms with van der Waals surface area (Å²) in [5.74, 6) is 1.40. The number of rotatable bonds is 4. The Balaban J connectivity index is 2.01. The Morgan fingerprint density at radius 1 is 1.64 bits per heavy atom. The lowest BCUT2D eigenvalue weighted by molar-refractivity contribution is 0.530. The molecule has 2 unspecified atom stereocenters. The van der Waals surface area contributed by atoms with Crippen LogP contribution in [-0.2, 0) is 0 Å². The minimum absolute atomic E-state index is 0.705. The second-order valence-corrected chi connectivity index (χ2v) is 4.81. The normalized spacial score (nSPS) is 27.3. The van der Waals surface area contributed by atoms with Crippen molar-refractivity contribution in [3.63, 3.8) is 0 Å². The molecular formula is C9H19NS. The molecular weight excluding hydrogens is 154 g/mol. The van der Waals surface area contributed by atoms with Gasteiger partial charge in [-0.1, -0.05) is 0 Å². The van der Waals surface area contributed by atoms with Crippen LogP contribution >= 0.6 is 11.8 Å². The highest BCUT2D eigenvalue weighted by atomic mass is 32.2. The van der Waals surface area contributed by atoms with E-state index in [-0.39, 0.29) is 0 Å². The van der Waals surface area contributed by atoms with Gasteiger partial charge >= 0.3 is 0 Å². The van der Waals surface area contributed by atoms with Crippen LogP contribution in [-0.4, -0.2) is 24.1 Å². The molecule has 66 valence electrons. The Morgan fingerprint density at radius 2 is 2.45 bits per heavy atom. The summed E-state index contributed by atoms with van der Waals surface area (Å²) in [7, 11) is 2.05. The van der Waals surface area contributed by atoms with Crippen LogP contribution in [0.15, 0.2) is 0 Å². The highest BCUT2D eigenvalue weighted by Gasteiger charge is 2.15. The predicted molar refractivity (Wildman–Crippen MR) is 53.2 cm³/mol. The summed E-state index contributed by atoms with van der Waals surface area (Å²) in [6.07, 6.45) is 5.66. The number of hydrogen-bond donors (Lipinski definition) is 1. The molecule has 1 nitrogen and oxygen atoms in total. The molecule has 0 radical (unpaired) electrons. The van der Waals surface area contributed by atoms with Gasteiger partial charge in [0.2, 0.25) is 0 Å². The van der Waals surface area contributed by atoms with Crippen molar-refractivity contribution in [2.75, 3.05) is 12.8 Å². The maximum Gasteiger partial charge on any atom is 0.00479 e. The van der Waals surface area contributed by atoms with Gasteiger partial charge < -0.3 is 5.32 Å². The van der Waals surface area contributed by atoms with E-state index in [1.807, 2.05) is 7.05 Å². The molecule has 1 fully saturated rings. The Bertz CT molecular complexity index is 99.7. The van der Waals surface area contributed by atoms with E-state index in [4.69, 9.17) is 0 Å². The summed E-state index contributed by atoms with van der Waals surface area (Å²) < 4.78 is 0. The molecule has 11 heavy (non-hydrogen) atoms. The third kappa shape index (κ3) is 3.48. The van der Waals surface area contributed by atoms with Crippen LogP contribution in [0.2, 0.25) is 0 Å². The van der Waals surface area contributed by atoms with E-state index in [1.54, 1.807) is 0 Å². The fourth-order valence-corrected chi connectivity index (χ4v) is 2.75. The standard InChI is InChI=1S/C9H19NS/c1-8(10-2)5-6-9-4-3-7-11-9/h8-10H,3-7H2,1-2H3. The molecule has 0 aliphatic carbocycles. The number of hydrogen-bond acceptors (Lipinski definition) is 2. The third-order valence-corrected chi connectivity index (χ3v) is 3.91. The van der Waals surface area contributed by atoms with E-state index in [0.29, 0.717) is 6.04 Å². The highest BCUT2D eigenvalue weighted by Crippen LogP contribution is 2.29. The van der Waals surface area contributed by atoms with E-state index in [0.717, 1.165) is 5.25 Å². The first-order valence-electron chi connectivity index (χ1n) is 4.62. The van der Waals surface area contributed by atoms with Crippen molar-refractivity contribution in [3.05, 3.63) is 0 Å². The van der Waals surface area contributed by atoms with Crippen molar-refractivity contribution < 1.29 is 0 Å². The van der Waals surface area contributed by atoms with Crippen molar-refractivity contribution in [3.8, 4) is 0 Å². The van der Waals surface area contributed by atoms with E-state index in [1.165, 1.54) is 31.4 Å². The molecule has 1 aliphatic heterocycles.